The molecule has 2 unspecified atom stereocenters. The highest BCUT2D eigenvalue weighted by Gasteiger charge is 2.53. The zero-order valence-corrected chi connectivity index (χ0v) is 3.98. The van der Waals surface area contributed by atoms with Gasteiger partial charge in [-0.15, -0.1) is 0 Å². The van der Waals surface area contributed by atoms with Crippen molar-refractivity contribution in [2.24, 2.45) is 0 Å². The maximum atomic E-state index is 11.6. The Morgan fingerprint density at radius 2 is 1.78 bits per heavy atom. The number of hydrogen-bond acceptors (Lipinski definition) is 2. The summed E-state index contributed by atoms with van der Waals surface area (Å²) in [6.45, 7) is -2.66. The second-order valence-corrected chi connectivity index (χ2v) is 1.41. The van der Waals surface area contributed by atoms with Gasteiger partial charge in [-0.3, -0.25) is 9.47 Å². The monoisotopic (exact) mass is 146 g/mol. The lowest BCUT2D eigenvalue weighted by Gasteiger charge is -2.04. The average Bonchev–Trinajstić information content (AvgIpc) is 1.79. The van der Waals surface area contributed by atoms with Crippen molar-refractivity contribution in [1.82, 2.24) is 0 Å². The summed E-state index contributed by atoms with van der Waals surface area (Å²) < 4.78 is 52.7. The molecule has 0 amide bonds. The van der Waals surface area contributed by atoms with Crippen LogP contribution in [0.4, 0.5) is 17.6 Å². The van der Waals surface area contributed by atoms with Crippen LogP contribution in [0, 0.1) is 0 Å². The molecule has 9 heavy (non-hydrogen) atoms. The first-order chi connectivity index (χ1) is 4.02. The molecule has 6 heteroatoms. The van der Waals surface area contributed by atoms with E-state index in [-0.39, 0.29) is 0 Å². The normalized spacial score (nSPS) is 41.3. The van der Waals surface area contributed by atoms with Gasteiger partial charge in [0.2, 0.25) is 0 Å². The third-order valence-electron chi connectivity index (χ3n) is 0.740. The summed E-state index contributed by atoms with van der Waals surface area (Å²) in [5, 5.41) is 0. The van der Waals surface area contributed by atoms with Gasteiger partial charge < -0.3 is 0 Å². The Morgan fingerprint density at radius 1 is 1.22 bits per heavy atom. The van der Waals surface area contributed by atoms with Gasteiger partial charge in [-0.1, -0.05) is 0 Å². The van der Waals surface area contributed by atoms with Crippen molar-refractivity contribution in [3.8, 4) is 0 Å². The first kappa shape index (κ1) is 6.76. The lowest BCUT2D eigenvalue weighted by Crippen LogP contribution is -2.25. The van der Waals surface area contributed by atoms with Crippen molar-refractivity contribution in [2.45, 2.75) is 19.0 Å². The van der Waals surface area contributed by atoms with Crippen LogP contribution in [0.5, 0.6) is 0 Å². The molecule has 54 valence electrons. The molecule has 0 aromatic carbocycles. The van der Waals surface area contributed by atoms with Crippen molar-refractivity contribution in [3.05, 3.63) is 0 Å². The van der Waals surface area contributed by atoms with Crippen LogP contribution in [0.3, 0.4) is 0 Å². The molecule has 0 spiro atoms. The molecule has 1 heterocycles. The van der Waals surface area contributed by atoms with Crippen LogP contribution in [0.2, 0.25) is 0 Å². The highest BCUT2D eigenvalue weighted by molar-refractivity contribution is 4.61. The van der Waals surface area contributed by atoms with Gasteiger partial charge in [0.1, 0.15) is 0 Å². The zero-order valence-electron chi connectivity index (χ0n) is 3.98. The van der Waals surface area contributed by atoms with Crippen LogP contribution in [0.1, 0.15) is 0 Å². The molecule has 1 aliphatic heterocycles. The molecule has 1 saturated heterocycles. The quantitative estimate of drug-likeness (QED) is 0.477. The van der Waals surface area contributed by atoms with Crippen LogP contribution in [0.15, 0.2) is 0 Å². The van der Waals surface area contributed by atoms with Crippen molar-refractivity contribution in [2.75, 3.05) is 0 Å². The Labute approximate surface area is 47.4 Å². The fourth-order valence-electron chi connectivity index (χ4n) is 0.378. The molecule has 0 radical (unpaired) electrons. The number of halogens is 4. The van der Waals surface area contributed by atoms with Crippen molar-refractivity contribution in [3.63, 3.8) is 0 Å². The largest absolute Gasteiger partial charge is 0.415 e. The van der Waals surface area contributed by atoms with E-state index in [1.165, 1.54) is 0 Å². The summed E-state index contributed by atoms with van der Waals surface area (Å²) in [6.07, 6.45) is -7.13. The van der Waals surface area contributed by atoms with E-state index in [0.29, 0.717) is 0 Å². The van der Waals surface area contributed by atoms with Crippen molar-refractivity contribution >= 4 is 0 Å². The molecule has 0 aromatic heterocycles. The zero-order chi connectivity index (χ0) is 7.07. The van der Waals surface area contributed by atoms with Gasteiger partial charge in [-0.25, -0.2) is 4.39 Å². The van der Waals surface area contributed by atoms with Crippen LogP contribution in [0.25, 0.3) is 0 Å². The molecule has 0 N–H and O–H groups in total. The van der Waals surface area contributed by atoms with Gasteiger partial charge in [-0.05, 0) is 0 Å². The minimum absolute atomic E-state index is 2.66. The van der Waals surface area contributed by atoms with Crippen molar-refractivity contribution < 1.29 is 27.0 Å². The van der Waals surface area contributed by atoms with Gasteiger partial charge in [0.15, 0.2) is 0 Å². The lowest BCUT2D eigenvalue weighted by atomic mass is 10.6. The van der Waals surface area contributed by atoms with E-state index in [4.69, 9.17) is 0 Å². The molecule has 2 nitrogen and oxygen atoms in total. The SMILES string of the molecule is FC1OC(F)C(F)(F)O1. The first-order valence-electron chi connectivity index (χ1n) is 2.01. The second kappa shape index (κ2) is 1.81. The predicted octanol–water partition coefficient (Wildman–Crippen LogP) is 1.17. The Balaban J connectivity index is 2.58. The van der Waals surface area contributed by atoms with E-state index >= 15 is 0 Å². The highest BCUT2D eigenvalue weighted by atomic mass is 19.3. The minimum Gasteiger partial charge on any atom is -0.283 e. The molecule has 2 atom stereocenters. The predicted molar refractivity (Wildman–Crippen MR) is 16.9 cm³/mol. The average molecular weight is 146 g/mol. The topological polar surface area (TPSA) is 18.5 Å². The van der Waals surface area contributed by atoms with Gasteiger partial charge >= 0.3 is 12.7 Å². The summed E-state index contributed by atoms with van der Waals surface area (Å²) >= 11 is 0. The molecule has 1 rings (SSSR count). The molecule has 0 aliphatic carbocycles. The highest BCUT2D eigenvalue weighted by Crippen LogP contribution is 2.33. The standard InChI is InChI=1S/C3H2F4O2/c4-1-3(6,7)9-2(5)8-1/h1-2H. The molecule has 0 saturated carbocycles. The van der Waals surface area contributed by atoms with Gasteiger partial charge in [0.05, 0.1) is 0 Å². The van der Waals surface area contributed by atoms with E-state index in [1.807, 2.05) is 0 Å². The van der Waals surface area contributed by atoms with Gasteiger partial charge in [-0.2, -0.15) is 13.2 Å². The van der Waals surface area contributed by atoms with E-state index in [0.717, 1.165) is 0 Å². The van der Waals surface area contributed by atoms with Gasteiger partial charge in [0, 0.05) is 0 Å². The van der Waals surface area contributed by atoms with E-state index in [1.54, 1.807) is 0 Å². The molecule has 0 bridgehead atoms. The van der Waals surface area contributed by atoms with E-state index < -0.39 is 19.0 Å². The van der Waals surface area contributed by atoms with Crippen LogP contribution >= 0.6 is 0 Å². The summed E-state index contributed by atoms with van der Waals surface area (Å²) in [5.41, 5.74) is 0. The smallest absolute Gasteiger partial charge is 0.283 e. The summed E-state index contributed by atoms with van der Waals surface area (Å²) in [5.74, 6) is 0. The maximum absolute atomic E-state index is 11.6. The maximum Gasteiger partial charge on any atom is 0.415 e. The molecule has 1 aliphatic rings. The molecule has 0 aromatic rings. The number of alkyl halides is 4. The Hall–Kier alpha value is -0.360. The Morgan fingerprint density at radius 3 is 1.89 bits per heavy atom. The Bertz CT molecular complexity index is 116. The third-order valence-corrected chi connectivity index (χ3v) is 0.740. The van der Waals surface area contributed by atoms with Crippen LogP contribution in [-0.2, 0) is 9.47 Å². The number of ether oxygens (including phenoxy) is 2. The Kier molecular flexibility index (Phi) is 1.36. The van der Waals surface area contributed by atoms with Crippen LogP contribution in [-0.4, -0.2) is 19.0 Å². The number of hydrogen-bond donors (Lipinski definition) is 0. The molecule has 1 fully saturated rings. The fourth-order valence-corrected chi connectivity index (χ4v) is 0.378. The fraction of sp³-hybridized carbons (Fsp3) is 1.00. The summed E-state index contributed by atoms with van der Waals surface area (Å²) in [4.78, 5) is 0. The second-order valence-electron chi connectivity index (χ2n) is 1.41. The summed E-state index contributed by atoms with van der Waals surface area (Å²) in [6, 6.07) is 0. The lowest BCUT2D eigenvalue weighted by molar-refractivity contribution is -0.266. The van der Waals surface area contributed by atoms with E-state index in [9.17, 15) is 17.6 Å². The van der Waals surface area contributed by atoms with Crippen molar-refractivity contribution in [1.29, 1.82) is 0 Å². The minimum atomic E-state index is -4.14. The molecular formula is C3H2F4O2. The van der Waals surface area contributed by atoms with Gasteiger partial charge in [0.25, 0.3) is 6.36 Å². The summed E-state index contributed by atoms with van der Waals surface area (Å²) in [7, 11) is 0. The first-order valence-corrected chi connectivity index (χ1v) is 2.01. The molecular weight excluding hydrogens is 144 g/mol. The third kappa shape index (κ3) is 1.13. The number of rotatable bonds is 0. The van der Waals surface area contributed by atoms with E-state index in [2.05, 4.69) is 9.47 Å². The van der Waals surface area contributed by atoms with Crippen LogP contribution < -0.4 is 0 Å².